The van der Waals surface area contributed by atoms with Gasteiger partial charge in [0.05, 0.1) is 12.1 Å². The predicted molar refractivity (Wildman–Crippen MR) is 78.0 cm³/mol. The van der Waals surface area contributed by atoms with E-state index in [1.54, 1.807) is 0 Å². The van der Waals surface area contributed by atoms with Crippen LogP contribution in [0.15, 0.2) is 11.2 Å². The molecule has 1 fully saturated rings. The molecule has 1 atom stereocenters. The fourth-order valence-corrected chi connectivity index (χ4v) is 7.47. The third-order valence-electron chi connectivity index (χ3n) is 2.92. The van der Waals surface area contributed by atoms with Gasteiger partial charge >= 0.3 is 0 Å². The van der Waals surface area contributed by atoms with E-state index in [2.05, 4.69) is 10.2 Å². The molecule has 0 aliphatic carbocycles. The topological polar surface area (TPSA) is 100 Å². The maximum Gasteiger partial charge on any atom is 0.261 e. The molecule has 0 saturated carbocycles. The number of H-pyrrole nitrogens is 1. The van der Waals surface area contributed by atoms with E-state index >= 15 is 0 Å². The molecule has 0 radical (unpaired) electrons. The van der Waals surface area contributed by atoms with E-state index < -0.39 is 25.2 Å². The number of nitrogens with one attached hydrogen (secondary N) is 1. The zero-order chi connectivity index (χ0) is 15.0. The van der Waals surface area contributed by atoms with Crippen molar-refractivity contribution in [2.75, 3.05) is 24.3 Å². The zero-order valence-electron chi connectivity index (χ0n) is 10.6. The van der Waals surface area contributed by atoms with Crippen LogP contribution in [0, 0.1) is 0 Å². The van der Waals surface area contributed by atoms with Gasteiger partial charge in [-0.1, -0.05) is 0 Å². The van der Waals surface area contributed by atoms with Gasteiger partial charge in [0.2, 0.25) is 0 Å². The van der Waals surface area contributed by atoms with Crippen LogP contribution in [0.5, 0.6) is 0 Å². The van der Waals surface area contributed by atoms with Crippen LogP contribution in [0.1, 0.15) is 5.56 Å². The Morgan fingerprint density at radius 1 is 1.50 bits per heavy atom. The van der Waals surface area contributed by atoms with Crippen molar-refractivity contribution in [1.29, 1.82) is 0 Å². The van der Waals surface area contributed by atoms with Crippen molar-refractivity contribution in [3.8, 4) is 0 Å². The quantitative estimate of drug-likeness (QED) is 0.774. The minimum absolute atomic E-state index is 0.0167. The highest BCUT2D eigenvalue weighted by Crippen LogP contribution is 2.28. The normalized spacial score (nSPS) is 22.0. The Hall–Kier alpha value is -0.290. The number of sulfonamides is 1. The predicted octanol–water partition coefficient (Wildman–Crippen LogP) is 0.257. The molecule has 0 spiro atoms. The molecule has 114 valence electrons. The van der Waals surface area contributed by atoms with Gasteiger partial charge in [0.15, 0.2) is 14.9 Å². The number of nitrogens with zero attached hydrogens (tertiary/aromatic N) is 2. The van der Waals surface area contributed by atoms with Gasteiger partial charge in [0.25, 0.3) is 10.0 Å². The summed E-state index contributed by atoms with van der Waals surface area (Å²) in [5.74, 6) is 0.759. The molecule has 0 bridgehead atoms. The van der Waals surface area contributed by atoms with Gasteiger partial charge in [0.1, 0.15) is 5.37 Å². The second kappa shape index (κ2) is 5.84. The number of alkyl halides is 1. The Labute approximate surface area is 127 Å². The first-order valence-electron chi connectivity index (χ1n) is 5.65. The highest BCUT2D eigenvalue weighted by molar-refractivity contribution is 8.01. The maximum absolute atomic E-state index is 12.6. The monoisotopic (exact) mass is 359 g/mol. The van der Waals surface area contributed by atoms with Gasteiger partial charge in [-0.2, -0.15) is 21.2 Å². The summed E-state index contributed by atoms with van der Waals surface area (Å²) in [5.41, 5.74) is 0.331. The fourth-order valence-electron chi connectivity index (χ4n) is 1.91. The van der Waals surface area contributed by atoms with Crippen LogP contribution in [0.2, 0.25) is 0 Å². The van der Waals surface area contributed by atoms with Crippen LogP contribution < -0.4 is 0 Å². The van der Waals surface area contributed by atoms with E-state index in [4.69, 9.17) is 11.6 Å². The summed E-state index contributed by atoms with van der Waals surface area (Å²) in [6.45, 7) is 0.144. The van der Waals surface area contributed by atoms with Crippen molar-refractivity contribution in [2.45, 2.75) is 16.3 Å². The molecule has 1 saturated heterocycles. The molecule has 20 heavy (non-hydrogen) atoms. The minimum Gasteiger partial charge on any atom is -0.266 e. The Morgan fingerprint density at radius 2 is 2.20 bits per heavy atom. The number of halogens is 1. The van der Waals surface area contributed by atoms with Gasteiger partial charge in [-0.3, -0.25) is 5.10 Å². The van der Waals surface area contributed by atoms with Crippen molar-refractivity contribution in [3.63, 3.8) is 0 Å². The fraction of sp³-hybridized carbons (Fsp3) is 0.667. The first-order chi connectivity index (χ1) is 9.28. The van der Waals surface area contributed by atoms with Crippen LogP contribution in [0.3, 0.4) is 0 Å². The van der Waals surface area contributed by atoms with Crippen molar-refractivity contribution in [2.24, 2.45) is 0 Å². The lowest BCUT2D eigenvalue weighted by Crippen LogP contribution is -2.50. The summed E-state index contributed by atoms with van der Waals surface area (Å²) in [5, 5.41) is 4.88. The van der Waals surface area contributed by atoms with E-state index in [9.17, 15) is 16.8 Å². The van der Waals surface area contributed by atoms with E-state index in [1.165, 1.54) is 18.0 Å². The lowest BCUT2D eigenvalue weighted by molar-refractivity contribution is 0.402. The second-order valence-corrected chi connectivity index (χ2v) is 9.78. The number of hydrogen-bond acceptors (Lipinski definition) is 6. The molecule has 1 aliphatic rings. The third-order valence-corrected chi connectivity index (χ3v) is 7.91. The summed E-state index contributed by atoms with van der Waals surface area (Å²) >= 11 is 7.10. The Morgan fingerprint density at radius 3 is 2.80 bits per heavy atom. The van der Waals surface area contributed by atoms with Crippen molar-refractivity contribution in [3.05, 3.63) is 11.8 Å². The lowest BCUT2D eigenvalue weighted by atomic mass is 10.4. The smallest absolute Gasteiger partial charge is 0.261 e. The molecule has 0 amide bonds. The highest BCUT2D eigenvalue weighted by atomic mass is 35.5. The molecule has 1 aliphatic heterocycles. The number of aromatic nitrogens is 2. The maximum atomic E-state index is 12.6. The van der Waals surface area contributed by atoms with E-state index in [1.807, 2.05) is 0 Å². The molecule has 0 aromatic carbocycles. The van der Waals surface area contributed by atoms with E-state index in [-0.39, 0.29) is 23.2 Å². The SMILES string of the molecule is CS(=O)(=O)C1CSCCN1S(=O)(=O)c1[nH]ncc1CCl. The third kappa shape index (κ3) is 2.98. The number of sulfone groups is 1. The largest absolute Gasteiger partial charge is 0.266 e. The minimum atomic E-state index is -3.96. The number of aromatic amines is 1. The van der Waals surface area contributed by atoms with Crippen LogP contribution in [0.25, 0.3) is 0 Å². The van der Waals surface area contributed by atoms with Crippen molar-refractivity contribution < 1.29 is 16.8 Å². The van der Waals surface area contributed by atoms with Crippen LogP contribution >= 0.6 is 23.4 Å². The van der Waals surface area contributed by atoms with Crippen LogP contribution in [-0.4, -0.2) is 61.0 Å². The second-order valence-electron chi connectivity index (χ2n) is 4.33. The number of hydrogen-bond donors (Lipinski definition) is 1. The van der Waals surface area contributed by atoms with Gasteiger partial charge in [-0.25, -0.2) is 16.8 Å². The van der Waals surface area contributed by atoms with Gasteiger partial charge in [0, 0.05) is 29.9 Å². The number of thioether (sulfide) groups is 1. The first kappa shape index (κ1) is 16.1. The molecule has 11 heteroatoms. The zero-order valence-corrected chi connectivity index (χ0v) is 13.8. The number of rotatable bonds is 4. The Balaban J connectivity index is 2.47. The molecule has 1 aromatic rings. The molecule has 7 nitrogen and oxygen atoms in total. The highest BCUT2D eigenvalue weighted by Gasteiger charge is 2.40. The van der Waals surface area contributed by atoms with Gasteiger partial charge in [-0.15, -0.1) is 11.6 Å². The van der Waals surface area contributed by atoms with E-state index in [0.29, 0.717) is 11.3 Å². The summed E-state index contributed by atoms with van der Waals surface area (Å²) in [6.07, 6.45) is 2.37. The molecule has 2 rings (SSSR count). The summed E-state index contributed by atoms with van der Waals surface area (Å²) in [6, 6.07) is 0. The lowest BCUT2D eigenvalue weighted by Gasteiger charge is -2.32. The van der Waals surface area contributed by atoms with Gasteiger partial charge in [-0.05, 0) is 0 Å². The molecular weight excluding hydrogens is 346 g/mol. The molecule has 1 aromatic heterocycles. The van der Waals surface area contributed by atoms with Crippen LogP contribution in [-0.2, 0) is 25.7 Å². The van der Waals surface area contributed by atoms with Crippen molar-refractivity contribution in [1.82, 2.24) is 14.5 Å². The summed E-state index contributed by atoms with van der Waals surface area (Å²) in [7, 11) is -7.47. The van der Waals surface area contributed by atoms with E-state index in [0.717, 1.165) is 10.6 Å². The van der Waals surface area contributed by atoms with Gasteiger partial charge < -0.3 is 0 Å². The van der Waals surface area contributed by atoms with Crippen LogP contribution in [0.4, 0.5) is 0 Å². The molecule has 1 N–H and O–H groups in total. The average Bonchev–Trinajstić information content (AvgIpc) is 2.86. The Bertz CT molecular complexity index is 685. The molecule has 2 heterocycles. The standard InChI is InChI=1S/C9H14ClN3O4S3/c1-19(14,15)8-6-18-3-2-13(8)20(16,17)9-7(4-10)5-11-12-9/h5,8H,2-4,6H2,1H3,(H,11,12). The summed E-state index contributed by atoms with van der Waals surface area (Å²) < 4.78 is 49.8. The molecular formula is C9H14ClN3O4S3. The molecule has 1 unspecified atom stereocenters. The van der Waals surface area contributed by atoms with Crippen molar-refractivity contribution >= 4 is 43.2 Å². The average molecular weight is 360 g/mol. The summed E-state index contributed by atoms with van der Waals surface area (Å²) in [4.78, 5) is 0. The first-order valence-corrected chi connectivity index (χ1v) is 10.7. The Kier molecular flexibility index (Phi) is 4.69.